The first-order valence-electron chi connectivity index (χ1n) is 6.87. The second kappa shape index (κ2) is 6.69. The van der Waals surface area contributed by atoms with E-state index in [1.807, 2.05) is 0 Å². The van der Waals surface area contributed by atoms with Gasteiger partial charge in [0.1, 0.15) is 16.8 Å². The van der Waals surface area contributed by atoms with Crippen molar-refractivity contribution in [3.63, 3.8) is 0 Å². The van der Waals surface area contributed by atoms with E-state index in [0.29, 0.717) is 10.6 Å². The van der Waals surface area contributed by atoms with Crippen LogP contribution in [0.5, 0.6) is 0 Å². The summed E-state index contributed by atoms with van der Waals surface area (Å²) in [4.78, 5) is 23.2. The molecule has 2 N–H and O–H groups in total. The van der Waals surface area contributed by atoms with Gasteiger partial charge in [0.05, 0.1) is 18.9 Å². The number of aliphatic hydroxyl groups is 1. The first-order chi connectivity index (χ1) is 11.5. The van der Waals surface area contributed by atoms with Crippen molar-refractivity contribution in [1.29, 1.82) is 0 Å². The quantitative estimate of drug-likeness (QED) is 0.522. The molecule has 0 aliphatic carbocycles. The summed E-state index contributed by atoms with van der Waals surface area (Å²) in [6.45, 7) is 0.211. The minimum Gasteiger partial charge on any atom is -0.466 e. The van der Waals surface area contributed by atoms with Crippen molar-refractivity contribution in [2.24, 2.45) is 0 Å². The fourth-order valence-corrected chi connectivity index (χ4v) is 2.97. The number of nitro groups is 1. The van der Waals surface area contributed by atoms with Gasteiger partial charge in [0.15, 0.2) is 5.76 Å². The number of furan rings is 2. The van der Waals surface area contributed by atoms with Gasteiger partial charge in [-0.05, 0) is 30.3 Å². The van der Waals surface area contributed by atoms with Gasteiger partial charge < -0.3 is 19.3 Å². The van der Waals surface area contributed by atoms with Gasteiger partial charge >= 0.3 is 5.88 Å². The maximum absolute atomic E-state index is 11.9. The van der Waals surface area contributed by atoms with Crippen LogP contribution in [0.3, 0.4) is 0 Å². The van der Waals surface area contributed by atoms with E-state index in [-0.39, 0.29) is 12.3 Å². The normalized spacial score (nSPS) is 12.0. The molecule has 1 unspecified atom stereocenters. The molecule has 0 fully saturated rings. The van der Waals surface area contributed by atoms with Crippen molar-refractivity contribution in [2.75, 3.05) is 0 Å². The smallest absolute Gasteiger partial charge is 0.433 e. The van der Waals surface area contributed by atoms with Gasteiger partial charge in [-0.1, -0.05) is 0 Å². The molecule has 3 rings (SSSR count). The molecule has 1 amide bonds. The lowest BCUT2D eigenvalue weighted by molar-refractivity contribution is -0.402. The number of nitrogens with zero attached hydrogens (tertiary/aromatic N) is 1. The van der Waals surface area contributed by atoms with Gasteiger partial charge in [-0.2, -0.15) is 0 Å². The minimum absolute atomic E-state index is 0.130. The Hall–Kier alpha value is -2.91. The molecule has 9 heteroatoms. The van der Waals surface area contributed by atoms with Crippen LogP contribution >= 0.6 is 11.3 Å². The highest BCUT2D eigenvalue weighted by atomic mass is 32.1. The van der Waals surface area contributed by atoms with E-state index in [0.717, 1.165) is 10.9 Å². The molecule has 24 heavy (non-hydrogen) atoms. The summed E-state index contributed by atoms with van der Waals surface area (Å²) < 4.78 is 9.98. The largest absolute Gasteiger partial charge is 0.466 e. The van der Waals surface area contributed by atoms with Gasteiger partial charge in [0.25, 0.3) is 5.91 Å². The highest BCUT2D eigenvalue weighted by molar-refractivity contribution is 7.12. The van der Waals surface area contributed by atoms with Crippen molar-refractivity contribution in [3.8, 4) is 0 Å². The molecule has 124 valence electrons. The molecule has 3 aromatic heterocycles. The zero-order valence-corrected chi connectivity index (χ0v) is 13.0. The summed E-state index contributed by atoms with van der Waals surface area (Å²) in [7, 11) is 0. The maximum Gasteiger partial charge on any atom is 0.433 e. The number of thiophene rings is 1. The van der Waals surface area contributed by atoms with Crippen LogP contribution in [0, 0.1) is 10.1 Å². The molecular weight excluding hydrogens is 336 g/mol. The van der Waals surface area contributed by atoms with Crippen LogP contribution in [0.1, 0.15) is 32.2 Å². The zero-order chi connectivity index (χ0) is 17.1. The molecule has 0 saturated carbocycles. The Bertz CT molecular complexity index is 851. The lowest BCUT2D eigenvalue weighted by Gasteiger charge is -2.04. The topological polar surface area (TPSA) is 119 Å². The van der Waals surface area contributed by atoms with Crippen molar-refractivity contribution in [3.05, 3.63) is 74.1 Å². The van der Waals surface area contributed by atoms with Crippen LogP contribution in [0.25, 0.3) is 0 Å². The molecule has 3 aromatic rings. The fourth-order valence-electron chi connectivity index (χ4n) is 2.03. The lowest BCUT2D eigenvalue weighted by atomic mass is 10.2. The summed E-state index contributed by atoms with van der Waals surface area (Å²) in [6.07, 6.45) is 0.623. The predicted octanol–water partition coefficient (Wildman–Crippen LogP) is 2.85. The Kier molecular flexibility index (Phi) is 4.45. The third-order valence-corrected chi connectivity index (χ3v) is 4.32. The number of carbonyl (C=O) groups is 1. The standard InChI is InChI=1S/C15H12N2O6S/c18-14(10-2-1-7-22-10)12-5-3-9(24-12)8-16-15(19)11-4-6-13(23-11)17(20)21/h1-7,14,18H,8H2,(H,16,19). The van der Waals surface area contributed by atoms with Crippen molar-refractivity contribution in [1.82, 2.24) is 5.32 Å². The average Bonchev–Trinajstić information content (AvgIpc) is 3.33. The number of hydrogen-bond acceptors (Lipinski definition) is 7. The van der Waals surface area contributed by atoms with Gasteiger partial charge in [0, 0.05) is 9.75 Å². The minimum atomic E-state index is -0.859. The zero-order valence-electron chi connectivity index (χ0n) is 12.2. The lowest BCUT2D eigenvalue weighted by Crippen LogP contribution is -2.21. The monoisotopic (exact) mass is 348 g/mol. The Morgan fingerprint density at radius 1 is 1.33 bits per heavy atom. The molecule has 8 nitrogen and oxygen atoms in total. The molecule has 0 bridgehead atoms. The highest BCUT2D eigenvalue weighted by Gasteiger charge is 2.18. The molecular formula is C15H12N2O6S. The number of aliphatic hydroxyl groups excluding tert-OH is 1. The van der Waals surface area contributed by atoms with Crippen LogP contribution in [0.15, 0.2) is 51.5 Å². The second-order valence-electron chi connectivity index (χ2n) is 4.80. The molecule has 3 heterocycles. The number of hydrogen-bond donors (Lipinski definition) is 2. The number of nitrogens with one attached hydrogen (secondary N) is 1. The molecule has 1 atom stereocenters. The Morgan fingerprint density at radius 3 is 2.83 bits per heavy atom. The van der Waals surface area contributed by atoms with Crippen LogP contribution < -0.4 is 5.32 Å². The van der Waals surface area contributed by atoms with Crippen molar-refractivity contribution < 1.29 is 23.7 Å². The van der Waals surface area contributed by atoms with E-state index < -0.39 is 22.8 Å². The van der Waals surface area contributed by atoms with Crippen LogP contribution in [-0.2, 0) is 6.54 Å². The first kappa shape index (κ1) is 16.0. The third kappa shape index (κ3) is 3.36. The van der Waals surface area contributed by atoms with Gasteiger partial charge in [-0.25, -0.2) is 0 Å². The van der Waals surface area contributed by atoms with Gasteiger partial charge in [-0.15, -0.1) is 11.3 Å². The predicted molar refractivity (Wildman–Crippen MR) is 83.6 cm³/mol. The van der Waals surface area contributed by atoms with E-state index in [1.54, 1.807) is 24.3 Å². The maximum atomic E-state index is 11.9. The van der Waals surface area contributed by atoms with Crippen LogP contribution in [0.2, 0.25) is 0 Å². The number of rotatable bonds is 6. The van der Waals surface area contributed by atoms with Gasteiger partial charge in [0.2, 0.25) is 0 Å². The Balaban J connectivity index is 1.60. The van der Waals surface area contributed by atoms with E-state index in [2.05, 4.69) is 5.32 Å². The number of amides is 1. The summed E-state index contributed by atoms with van der Waals surface area (Å²) in [6, 6.07) is 9.26. The first-order valence-corrected chi connectivity index (χ1v) is 7.69. The molecule has 0 radical (unpaired) electrons. The van der Waals surface area contributed by atoms with Crippen LogP contribution in [-0.4, -0.2) is 15.9 Å². The summed E-state index contributed by atoms with van der Waals surface area (Å²) in [5, 5.41) is 23.3. The fraction of sp³-hybridized carbons (Fsp3) is 0.133. The van der Waals surface area contributed by atoms with Crippen LogP contribution in [0.4, 0.5) is 5.88 Å². The summed E-state index contributed by atoms with van der Waals surface area (Å²) >= 11 is 1.32. The number of carbonyl (C=O) groups excluding carboxylic acids is 1. The Morgan fingerprint density at radius 2 is 2.17 bits per heavy atom. The van der Waals surface area contributed by atoms with Gasteiger partial charge in [-0.3, -0.25) is 14.9 Å². The third-order valence-electron chi connectivity index (χ3n) is 3.18. The Labute approximate surface area is 139 Å². The molecule has 0 aliphatic heterocycles. The van der Waals surface area contributed by atoms with E-state index in [1.165, 1.54) is 23.7 Å². The molecule has 0 saturated heterocycles. The van der Waals surface area contributed by atoms with Crippen molar-refractivity contribution in [2.45, 2.75) is 12.6 Å². The van der Waals surface area contributed by atoms with E-state index >= 15 is 0 Å². The molecule has 0 aromatic carbocycles. The average molecular weight is 348 g/mol. The summed E-state index contributed by atoms with van der Waals surface area (Å²) in [5.41, 5.74) is 0. The summed E-state index contributed by atoms with van der Waals surface area (Å²) in [5.74, 6) is -0.728. The SMILES string of the molecule is O=C(NCc1ccc(C(O)c2ccco2)s1)c1ccc([N+](=O)[O-])o1. The second-order valence-corrected chi connectivity index (χ2v) is 6.00. The van der Waals surface area contributed by atoms with E-state index in [4.69, 9.17) is 8.83 Å². The van der Waals surface area contributed by atoms with E-state index in [9.17, 15) is 20.0 Å². The molecule has 0 aliphatic rings. The highest BCUT2D eigenvalue weighted by Crippen LogP contribution is 2.28. The van der Waals surface area contributed by atoms with Crippen molar-refractivity contribution >= 4 is 23.1 Å². The molecule has 0 spiro atoms.